The summed E-state index contributed by atoms with van der Waals surface area (Å²) in [6, 6.07) is 4.03. The number of carboxylic acids is 1. The predicted molar refractivity (Wildman–Crippen MR) is 64.9 cm³/mol. The molecule has 92 valence electrons. The second-order valence-corrected chi connectivity index (χ2v) is 4.00. The maximum Gasteiger partial charge on any atom is 0.330 e. The lowest BCUT2D eigenvalue weighted by molar-refractivity contribution is -0.142. The predicted octanol–water partition coefficient (Wildman–Crippen LogP) is 0.678. The van der Waals surface area contributed by atoms with Crippen LogP contribution < -0.4 is 10.6 Å². The zero-order chi connectivity index (χ0) is 13.2. The van der Waals surface area contributed by atoms with Gasteiger partial charge in [-0.15, -0.1) is 0 Å². The number of aryl methyl sites for hydroxylation is 2. The Bertz CT molecular complexity index is 457. The van der Waals surface area contributed by atoms with Gasteiger partial charge in [-0.25, -0.2) is 4.79 Å². The second-order valence-electron chi connectivity index (χ2n) is 4.00. The van der Waals surface area contributed by atoms with Gasteiger partial charge >= 0.3 is 5.97 Å². The van der Waals surface area contributed by atoms with Gasteiger partial charge in [0.25, 0.3) is 5.91 Å². The number of amides is 1. The quantitative estimate of drug-likeness (QED) is 0.756. The Morgan fingerprint density at radius 2 is 1.94 bits per heavy atom. The van der Waals surface area contributed by atoms with Crippen molar-refractivity contribution in [2.75, 3.05) is 11.9 Å². The van der Waals surface area contributed by atoms with E-state index in [2.05, 4.69) is 0 Å². The van der Waals surface area contributed by atoms with Gasteiger partial charge in [-0.2, -0.15) is 0 Å². The smallest absolute Gasteiger partial charge is 0.330 e. The molecule has 1 atom stereocenters. The summed E-state index contributed by atoms with van der Waals surface area (Å²) >= 11 is 0. The molecule has 5 heteroatoms. The van der Waals surface area contributed by atoms with Gasteiger partial charge in [-0.1, -0.05) is 17.7 Å². The Labute approximate surface area is 99.8 Å². The molecule has 1 rings (SSSR count). The summed E-state index contributed by atoms with van der Waals surface area (Å²) in [5.74, 6) is -1.96. The normalized spacial score (nSPS) is 12.0. The molecule has 1 aromatic rings. The minimum Gasteiger partial charge on any atom is -0.480 e. The minimum atomic E-state index is -1.53. The van der Waals surface area contributed by atoms with Gasteiger partial charge in [0.1, 0.15) is 0 Å². The van der Waals surface area contributed by atoms with E-state index in [1.165, 1.54) is 11.9 Å². The largest absolute Gasteiger partial charge is 0.480 e. The number of hydrogen-bond donors (Lipinski definition) is 2. The van der Waals surface area contributed by atoms with Gasteiger partial charge in [-0.05, 0) is 25.5 Å². The number of carbonyl (C=O) groups excluding carboxylic acids is 1. The van der Waals surface area contributed by atoms with Crippen molar-refractivity contribution in [3.63, 3.8) is 0 Å². The van der Waals surface area contributed by atoms with Crippen molar-refractivity contribution in [2.45, 2.75) is 19.9 Å². The van der Waals surface area contributed by atoms with Crippen molar-refractivity contribution < 1.29 is 14.7 Å². The number of carboxylic acid groups (broad SMARTS) is 1. The van der Waals surface area contributed by atoms with Crippen LogP contribution in [0.3, 0.4) is 0 Å². The summed E-state index contributed by atoms with van der Waals surface area (Å²) in [6.45, 7) is 3.81. The summed E-state index contributed by atoms with van der Waals surface area (Å²) in [7, 11) is 1.52. The van der Waals surface area contributed by atoms with Crippen LogP contribution in [0.2, 0.25) is 0 Å². The Hall–Kier alpha value is -1.88. The first kappa shape index (κ1) is 13.2. The van der Waals surface area contributed by atoms with Crippen LogP contribution in [0.5, 0.6) is 0 Å². The highest BCUT2D eigenvalue weighted by Gasteiger charge is 2.25. The lowest BCUT2D eigenvalue weighted by atomic mass is 10.1. The van der Waals surface area contributed by atoms with E-state index in [1.807, 2.05) is 26.0 Å². The first-order chi connectivity index (χ1) is 7.84. The molecule has 1 amide bonds. The Kier molecular flexibility index (Phi) is 3.85. The molecule has 17 heavy (non-hydrogen) atoms. The van der Waals surface area contributed by atoms with Gasteiger partial charge in [-0.3, -0.25) is 4.79 Å². The molecule has 0 aliphatic rings. The first-order valence-electron chi connectivity index (χ1n) is 5.17. The number of benzene rings is 1. The van der Waals surface area contributed by atoms with Gasteiger partial charge in [0, 0.05) is 12.7 Å². The average Bonchev–Trinajstić information content (AvgIpc) is 2.26. The zero-order valence-electron chi connectivity index (χ0n) is 10.1. The standard InChI is InChI=1S/C12H16N2O3/c1-7-4-5-9(8(2)6-7)14(3)11(15)10(13)12(16)17/h4-6,10H,13H2,1-3H3,(H,16,17). The molecule has 0 spiro atoms. The van der Waals surface area contributed by atoms with Crippen LogP contribution in [0.4, 0.5) is 5.69 Å². The molecule has 1 unspecified atom stereocenters. The van der Waals surface area contributed by atoms with Crippen molar-refractivity contribution in [1.82, 2.24) is 0 Å². The maximum absolute atomic E-state index is 11.7. The Morgan fingerprint density at radius 1 is 1.35 bits per heavy atom. The van der Waals surface area contributed by atoms with Crippen molar-refractivity contribution in [1.29, 1.82) is 0 Å². The monoisotopic (exact) mass is 236 g/mol. The number of hydrogen-bond acceptors (Lipinski definition) is 3. The number of anilines is 1. The van der Waals surface area contributed by atoms with Gasteiger partial charge < -0.3 is 15.7 Å². The number of aliphatic carboxylic acids is 1. The minimum absolute atomic E-state index is 0.635. The number of rotatable bonds is 3. The van der Waals surface area contributed by atoms with Crippen LogP contribution in [0.15, 0.2) is 18.2 Å². The molecular formula is C12H16N2O3. The van der Waals surface area contributed by atoms with Crippen LogP contribution in [0, 0.1) is 13.8 Å². The van der Waals surface area contributed by atoms with Gasteiger partial charge in [0.15, 0.2) is 6.04 Å². The van der Waals surface area contributed by atoms with Gasteiger partial charge in [0.05, 0.1) is 0 Å². The van der Waals surface area contributed by atoms with Crippen LogP contribution >= 0.6 is 0 Å². The molecule has 0 bridgehead atoms. The van der Waals surface area contributed by atoms with E-state index in [0.717, 1.165) is 11.1 Å². The average molecular weight is 236 g/mol. The highest BCUT2D eigenvalue weighted by molar-refractivity contribution is 6.08. The van der Waals surface area contributed by atoms with E-state index < -0.39 is 17.9 Å². The topological polar surface area (TPSA) is 83.6 Å². The maximum atomic E-state index is 11.7. The fourth-order valence-corrected chi connectivity index (χ4v) is 1.61. The molecule has 0 aromatic heterocycles. The molecule has 0 radical (unpaired) electrons. The van der Waals surface area contributed by atoms with E-state index in [4.69, 9.17) is 10.8 Å². The van der Waals surface area contributed by atoms with Crippen molar-refractivity contribution in [3.8, 4) is 0 Å². The number of nitrogens with two attached hydrogens (primary N) is 1. The number of likely N-dealkylation sites (N-methyl/N-ethyl adjacent to an activating group) is 1. The van der Waals surface area contributed by atoms with Crippen LogP contribution in [0.1, 0.15) is 11.1 Å². The van der Waals surface area contributed by atoms with Crippen LogP contribution in [0.25, 0.3) is 0 Å². The lowest BCUT2D eigenvalue weighted by Crippen LogP contribution is -2.47. The summed E-state index contributed by atoms with van der Waals surface area (Å²) in [5.41, 5.74) is 7.93. The molecule has 1 aromatic carbocycles. The van der Waals surface area contributed by atoms with Crippen LogP contribution in [-0.2, 0) is 9.59 Å². The summed E-state index contributed by atoms with van der Waals surface area (Å²) in [4.78, 5) is 23.7. The Morgan fingerprint density at radius 3 is 2.41 bits per heavy atom. The summed E-state index contributed by atoms with van der Waals surface area (Å²) < 4.78 is 0. The molecule has 5 nitrogen and oxygen atoms in total. The Balaban J connectivity index is 3.00. The summed E-state index contributed by atoms with van der Waals surface area (Å²) in [5, 5.41) is 8.69. The van der Waals surface area contributed by atoms with Crippen molar-refractivity contribution in [2.24, 2.45) is 5.73 Å². The molecule has 0 heterocycles. The van der Waals surface area contributed by atoms with Crippen molar-refractivity contribution in [3.05, 3.63) is 29.3 Å². The third kappa shape index (κ3) is 2.82. The molecular weight excluding hydrogens is 220 g/mol. The molecule has 0 saturated carbocycles. The van der Waals surface area contributed by atoms with E-state index >= 15 is 0 Å². The SMILES string of the molecule is Cc1ccc(N(C)C(=O)C(N)C(=O)O)c(C)c1. The lowest BCUT2D eigenvalue weighted by Gasteiger charge is -2.21. The first-order valence-corrected chi connectivity index (χ1v) is 5.17. The van der Waals surface area contributed by atoms with E-state index in [-0.39, 0.29) is 0 Å². The van der Waals surface area contributed by atoms with E-state index in [9.17, 15) is 9.59 Å². The van der Waals surface area contributed by atoms with Gasteiger partial charge in [0.2, 0.25) is 0 Å². The summed E-state index contributed by atoms with van der Waals surface area (Å²) in [6.07, 6.45) is 0. The van der Waals surface area contributed by atoms with E-state index in [0.29, 0.717) is 5.69 Å². The molecule has 0 aliphatic carbocycles. The number of carbonyl (C=O) groups is 2. The van der Waals surface area contributed by atoms with Crippen LogP contribution in [-0.4, -0.2) is 30.1 Å². The number of nitrogens with zero attached hydrogens (tertiary/aromatic N) is 1. The highest BCUT2D eigenvalue weighted by atomic mass is 16.4. The third-order valence-corrected chi connectivity index (χ3v) is 2.58. The fourth-order valence-electron chi connectivity index (χ4n) is 1.61. The molecule has 0 aliphatic heterocycles. The molecule has 3 N–H and O–H groups in total. The van der Waals surface area contributed by atoms with E-state index in [1.54, 1.807) is 6.07 Å². The molecule has 0 saturated heterocycles. The van der Waals surface area contributed by atoms with Crippen molar-refractivity contribution >= 4 is 17.6 Å². The molecule has 0 fully saturated rings. The second kappa shape index (κ2) is 4.97. The zero-order valence-corrected chi connectivity index (χ0v) is 10.1. The fraction of sp³-hybridized carbons (Fsp3) is 0.333. The third-order valence-electron chi connectivity index (χ3n) is 2.58. The highest BCUT2D eigenvalue weighted by Crippen LogP contribution is 2.20.